The van der Waals surface area contributed by atoms with Gasteiger partial charge in [0.05, 0.1) is 15.5 Å². The van der Waals surface area contributed by atoms with E-state index in [4.69, 9.17) is 27.9 Å². The van der Waals surface area contributed by atoms with Gasteiger partial charge in [-0.25, -0.2) is 17.9 Å². The molecule has 0 aliphatic carbocycles. The number of carbonyl (C=O) groups is 2. The number of hydrogen-bond acceptors (Lipinski definition) is 5. The summed E-state index contributed by atoms with van der Waals surface area (Å²) in [4.78, 5) is 24.3. The maximum atomic E-state index is 12.3. The highest BCUT2D eigenvalue weighted by atomic mass is 35.5. The molecule has 0 saturated carbocycles. The van der Waals surface area contributed by atoms with Crippen molar-refractivity contribution < 1.29 is 22.7 Å². The van der Waals surface area contributed by atoms with Gasteiger partial charge in [0.2, 0.25) is 10.0 Å². The van der Waals surface area contributed by atoms with E-state index in [-0.39, 0.29) is 15.5 Å². The topological polar surface area (TPSA) is 102 Å². The number of nitrogens with one attached hydrogen (secondary N) is 2. The van der Waals surface area contributed by atoms with Crippen molar-refractivity contribution in [2.75, 3.05) is 12.4 Å². The van der Waals surface area contributed by atoms with Gasteiger partial charge >= 0.3 is 5.97 Å². The quantitative estimate of drug-likeness (QED) is 0.685. The number of amides is 1. The Balaban J connectivity index is 2.12. The van der Waals surface area contributed by atoms with E-state index >= 15 is 0 Å². The van der Waals surface area contributed by atoms with Gasteiger partial charge in [0.15, 0.2) is 6.10 Å². The predicted octanol–water partition coefficient (Wildman–Crippen LogP) is 3.09. The van der Waals surface area contributed by atoms with Crippen LogP contribution in [0, 0.1) is 0 Å². The molecule has 0 aliphatic rings. The molecule has 0 radical (unpaired) electrons. The average molecular weight is 431 g/mol. The monoisotopic (exact) mass is 430 g/mol. The molecule has 2 N–H and O–H groups in total. The minimum absolute atomic E-state index is 0.000336. The van der Waals surface area contributed by atoms with Crippen LogP contribution < -0.4 is 10.0 Å². The zero-order valence-corrected chi connectivity index (χ0v) is 16.7. The van der Waals surface area contributed by atoms with Crippen molar-refractivity contribution in [2.24, 2.45) is 0 Å². The molecular formula is C17H16Cl2N2O5S. The molecule has 0 saturated heterocycles. The number of esters is 1. The van der Waals surface area contributed by atoms with Crippen LogP contribution in [-0.4, -0.2) is 33.4 Å². The zero-order chi connectivity index (χ0) is 20.2. The Hall–Kier alpha value is -2.13. The third-order valence-electron chi connectivity index (χ3n) is 3.50. The molecule has 1 amide bonds. The number of hydrogen-bond donors (Lipinski definition) is 2. The van der Waals surface area contributed by atoms with E-state index in [0.29, 0.717) is 10.7 Å². The molecule has 144 valence electrons. The van der Waals surface area contributed by atoms with Crippen LogP contribution in [0.15, 0.2) is 47.4 Å². The normalized spacial score (nSPS) is 12.3. The summed E-state index contributed by atoms with van der Waals surface area (Å²) in [6.45, 7) is 1.38. The minimum atomic E-state index is -3.77. The smallest absolute Gasteiger partial charge is 0.340 e. The molecule has 0 bridgehead atoms. The second-order valence-electron chi connectivity index (χ2n) is 5.39. The Kier molecular flexibility index (Phi) is 6.83. The van der Waals surface area contributed by atoms with Crippen LogP contribution in [0.1, 0.15) is 17.3 Å². The molecule has 0 aliphatic heterocycles. The number of carbonyl (C=O) groups excluding carboxylic acids is 2. The molecule has 0 spiro atoms. The molecule has 27 heavy (non-hydrogen) atoms. The van der Waals surface area contributed by atoms with Crippen molar-refractivity contribution in [3.8, 4) is 0 Å². The number of benzene rings is 2. The Morgan fingerprint density at radius 2 is 1.70 bits per heavy atom. The molecule has 0 fully saturated rings. The van der Waals surface area contributed by atoms with E-state index in [1.165, 1.54) is 26.1 Å². The van der Waals surface area contributed by atoms with Gasteiger partial charge in [0.25, 0.3) is 5.91 Å². The first-order valence-corrected chi connectivity index (χ1v) is 9.88. The highest BCUT2D eigenvalue weighted by Crippen LogP contribution is 2.22. The molecule has 2 aromatic rings. The minimum Gasteiger partial charge on any atom is -0.449 e. The van der Waals surface area contributed by atoms with Gasteiger partial charge in [0.1, 0.15) is 0 Å². The Morgan fingerprint density at radius 3 is 2.30 bits per heavy atom. The van der Waals surface area contributed by atoms with Crippen LogP contribution in [0.25, 0.3) is 0 Å². The molecule has 1 atom stereocenters. The molecular weight excluding hydrogens is 415 g/mol. The van der Waals surface area contributed by atoms with Crippen LogP contribution in [-0.2, 0) is 19.6 Å². The maximum absolute atomic E-state index is 12.3. The van der Waals surface area contributed by atoms with Crippen LogP contribution in [0.2, 0.25) is 10.0 Å². The Labute approximate surface area is 166 Å². The lowest BCUT2D eigenvalue weighted by atomic mass is 10.2. The molecule has 0 heterocycles. The van der Waals surface area contributed by atoms with Crippen molar-refractivity contribution in [1.29, 1.82) is 0 Å². The fourth-order valence-electron chi connectivity index (χ4n) is 2.00. The highest BCUT2D eigenvalue weighted by molar-refractivity contribution is 7.89. The van der Waals surface area contributed by atoms with Crippen molar-refractivity contribution in [3.63, 3.8) is 0 Å². The summed E-state index contributed by atoms with van der Waals surface area (Å²) in [6.07, 6.45) is -1.14. The number of rotatable bonds is 6. The van der Waals surface area contributed by atoms with Crippen LogP contribution in [0.4, 0.5) is 5.69 Å². The first-order chi connectivity index (χ1) is 12.6. The summed E-state index contributed by atoms with van der Waals surface area (Å²) < 4.78 is 31.0. The van der Waals surface area contributed by atoms with Crippen molar-refractivity contribution in [2.45, 2.75) is 17.9 Å². The van der Waals surface area contributed by atoms with E-state index in [9.17, 15) is 18.0 Å². The lowest BCUT2D eigenvalue weighted by molar-refractivity contribution is -0.123. The second-order valence-corrected chi connectivity index (χ2v) is 8.12. The summed E-state index contributed by atoms with van der Waals surface area (Å²) in [7, 11) is -2.53. The van der Waals surface area contributed by atoms with Crippen LogP contribution in [0.3, 0.4) is 0 Å². The van der Waals surface area contributed by atoms with Gasteiger partial charge in [-0.05, 0) is 56.4 Å². The van der Waals surface area contributed by atoms with E-state index in [1.54, 1.807) is 24.3 Å². The summed E-state index contributed by atoms with van der Waals surface area (Å²) in [5, 5.41) is 3.08. The third kappa shape index (κ3) is 5.43. The molecule has 0 aromatic heterocycles. The van der Waals surface area contributed by atoms with Gasteiger partial charge in [0, 0.05) is 10.7 Å². The summed E-state index contributed by atoms with van der Waals surface area (Å²) in [5.41, 5.74) is 0.312. The van der Waals surface area contributed by atoms with Crippen molar-refractivity contribution in [3.05, 3.63) is 58.1 Å². The standard InChI is InChI=1S/C17H16Cl2N2O5S/c1-10(16(22)21-12-5-3-11(18)4-6-12)26-17(23)14-9-13(7-8-15(14)19)27(24,25)20-2/h3-10,20H,1-2H3,(H,21,22). The Morgan fingerprint density at radius 1 is 1.07 bits per heavy atom. The van der Waals surface area contributed by atoms with E-state index < -0.39 is 28.0 Å². The first kappa shape index (κ1) is 21.2. The first-order valence-electron chi connectivity index (χ1n) is 7.64. The molecule has 2 aromatic carbocycles. The van der Waals surface area contributed by atoms with Crippen LogP contribution >= 0.6 is 23.2 Å². The number of ether oxygens (including phenoxy) is 1. The molecule has 1 unspecified atom stereocenters. The van der Waals surface area contributed by atoms with E-state index in [0.717, 1.165) is 6.07 Å². The van der Waals surface area contributed by atoms with Gasteiger partial charge in [-0.1, -0.05) is 23.2 Å². The largest absolute Gasteiger partial charge is 0.449 e. The van der Waals surface area contributed by atoms with Gasteiger partial charge in [-0.3, -0.25) is 4.79 Å². The maximum Gasteiger partial charge on any atom is 0.340 e. The van der Waals surface area contributed by atoms with Crippen molar-refractivity contribution >= 4 is 50.8 Å². The number of anilines is 1. The second kappa shape index (κ2) is 8.71. The fourth-order valence-corrected chi connectivity index (χ4v) is 3.08. The number of sulfonamides is 1. The van der Waals surface area contributed by atoms with E-state index in [2.05, 4.69) is 10.0 Å². The van der Waals surface area contributed by atoms with Gasteiger partial charge in [-0.2, -0.15) is 0 Å². The van der Waals surface area contributed by atoms with Gasteiger partial charge in [-0.15, -0.1) is 0 Å². The lowest BCUT2D eigenvalue weighted by Gasteiger charge is -2.14. The fraction of sp³-hybridized carbons (Fsp3) is 0.176. The van der Waals surface area contributed by atoms with Gasteiger partial charge < -0.3 is 10.1 Å². The molecule has 2 rings (SSSR count). The SMILES string of the molecule is CNS(=O)(=O)c1ccc(Cl)c(C(=O)OC(C)C(=O)Nc2ccc(Cl)cc2)c1. The average Bonchev–Trinajstić information content (AvgIpc) is 2.63. The Bertz CT molecular complexity index is 962. The summed E-state index contributed by atoms with van der Waals surface area (Å²) in [6, 6.07) is 9.99. The lowest BCUT2D eigenvalue weighted by Crippen LogP contribution is -2.30. The number of halogens is 2. The highest BCUT2D eigenvalue weighted by Gasteiger charge is 2.23. The molecule has 10 heteroatoms. The van der Waals surface area contributed by atoms with Crippen LogP contribution in [0.5, 0.6) is 0 Å². The predicted molar refractivity (Wildman–Crippen MR) is 103 cm³/mol. The van der Waals surface area contributed by atoms with E-state index in [1.807, 2.05) is 0 Å². The summed E-state index contributed by atoms with van der Waals surface area (Å²) >= 11 is 11.7. The van der Waals surface area contributed by atoms with Crippen molar-refractivity contribution in [1.82, 2.24) is 4.72 Å². The summed E-state index contributed by atoms with van der Waals surface area (Å²) in [5.74, 6) is -1.49. The zero-order valence-electron chi connectivity index (χ0n) is 14.3. The molecule has 7 nitrogen and oxygen atoms in total. The third-order valence-corrected chi connectivity index (χ3v) is 5.50.